The molecule has 2 heterocycles. The van der Waals surface area contributed by atoms with Crippen LogP contribution in [0, 0.1) is 6.92 Å². The van der Waals surface area contributed by atoms with Crippen LogP contribution in [-0.4, -0.2) is 53.3 Å². The van der Waals surface area contributed by atoms with E-state index in [0.29, 0.717) is 31.6 Å². The number of imide groups is 1. The van der Waals surface area contributed by atoms with Gasteiger partial charge in [0.05, 0.1) is 5.69 Å². The number of urea groups is 1. The molecular weight excluding hydrogens is 378 g/mol. The molecule has 2 aromatic rings. The van der Waals surface area contributed by atoms with Gasteiger partial charge in [0.25, 0.3) is 5.91 Å². The third-order valence-electron chi connectivity index (χ3n) is 5.82. The molecule has 0 aliphatic carbocycles. The molecule has 0 atom stereocenters. The molecule has 2 aromatic carbocycles. The van der Waals surface area contributed by atoms with Gasteiger partial charge in [-0.1, -0.05) is 42.5 Å². The van der Waals surface area contributed by atoms with Gasteiger partial charge < -0.3 is 9.80 Å². The molecule has 0 saturated carbocycles. The fourth-order valence-electron chi connectivity index (χ4n) is 4.07. The molecule has 6 heteroatoms. The number of benzene rings is 2. The van der Waals surface area contributed by atoms with Crippen LogP contribution in [0.15, 0.2) is 60.7 Å². The Morgan fingerprint density at radius 3 is 2.33 bits per heavy atom. The number of carbonyl (C=O) groups excluding carboxylic acids is 3. The SMILES string of the molecule is Cc1ccccc1/C=C/C(=O)N1CCC(N2CC(=O)N(c3ccccc3)C2=O)CC1. The van der Waals surface area contributed by atoms with E-state index >= 15 is 0 Å². The number of hydrogen-bond donors (Lipinski definition) is 0. The lowest BCUT2D eigenvalue weighted by molar-refractivity contribution is -0.127. The molecule has 2 aliphatic heterocycles. The molecule has 0 radical (unpaired) electrons. The number of amides is 4. The maximum atomic E-state index is 12.9. The van der Waals surface area contributed by atoms with Gasteiger partial charge in [0.15, 0.2) is 0 Å². The largest absolute Gasteiger partial charge is 0.339 e. The van der Waals surface area contributed by atoms with Gasteiger partial charge in [-0.05, 0) is 49.1 Å². The molecule has 2 saturated heterocycles. The van der Waals surface area contributed by atoms with Crippen LogP contribution in [0.25, 0.3) is 6.08 Å². The molecule has 6 nitrogen and oxygen atoms in total. The fraction of sp³-hybridized carbons (Fsp3) is 0.292. The van der Waals surface area contributed by atoms with Gasteiger partial charge in [-0.15, -0.1) is 0 Å². The predicted octanol–water partition coefficient (Wildman–Crippen LogP) is 3.47. The summed E-state index contributed by atoms with van der Waals surface area (Å²) in [4.78, 5) is 42.6. The molecule has 4 rings (SSSR count). The van der Waals surface area contributed by atoms with E-state index in [9.17, 15) is 14.4 Å². The zero-order valence-corrected chi connectivity index (χ0v) is 17.0. The Bertz CT molecular complexity index is 978. The third kappa shape index (κ3) is 3.99. The van der Waals surface area contributed by atoms with Crippen LogP contribution < -0.4 is 4.90 Å². The van der Waals surface area contributed by atoms with E-state index < -0.39 is 0 Å². The Hall–Kier alpha value is -3.41. The van der Waals surface area contributed by atoms with E-state index in [2.05, 4.69) is 0 Å². The van der Waals surface area contributed by atoms with Crippen LogP contribution in [0.5, 0.6) is 0 Å². The van der Waals surface area contributed by atoms with Crippen LogP contribution in [0.4, 0.5) is 10.5 Å². The van der Waals surface area contributed by atoms with Crippen LogP contribution in [0.2, 0.25) is 0 Å². The van der Waals surface area contributed by atoms with E-state index in [0.717, 1.165) is 11.1 Å². The highest BCUT2D eigenvalue weighted by molar-refractivity contribution is 6.19. The topological polar surface area (TPSA) is 60.9 Å². The molecule has 2 fully saturated rings. The second-order valence-electron chi connectivity index (χ2n) is 7.72. The molecule has 0 N–H and O–H groups in total. The Balaban J connectivity index is 1.35. The average Bonchev–Trinajstić information content (AvgIpc) is 3.07. The minimum absolute atomic E-state index is 0.0218. The number of para-hydroxylation sites is 1. The zero-order chi connectivity index (χ0) is 21.1. The fourth-order valence-corrected chi connectivity index (χ4v) is 4.07. The molecule has 0 bridgehead atoms. The van der Waals surface area contributed by atoms with Crippen molar-refractivity contribution in [3.8, 4) is 0 Å². The molecular formula is C24H25N3O3. The number of anilines is 1. The summed E-state index contributed by atoms with van der Waals surface area (Å²) in [6, 6.07) is 16.6. The number of rotatable bonds is 4. The first-order valence-electron chi connectivity index (χ1n) is 10.3. The van der Waals surface area contributed by atoms with Gasteiger partial charge in [0.1, 0.15) is 6.54 Å². The summed E-state index contributed by atoms with van der Waals surface area (Å²) in [7, 11) is 0. The number of carbonyl (C=O) groups is 3. The van der Waals surface area contributed by atoms with Crippen LogP contribution in [0.1, 0.15) is 24.0 Å². The van der Waals surface area contributed by atoms with E-state index in [1.165, 1.54) is 4.90 Å². The lowest BCUT2D eigenvalue weighted by atomic mass is 10.0. The van der Waals surface area contributed by atoms with Crippen molar-refractivity contribution in [2.75, 3.05) is 24.5 Å². The van der Waals surface area contributed by atoms with Crippen molar-refractivity contribution in [2.24, 2.45) is 0 Å². The standard InChI is InChI=1S/C24H25N3O3/c1-18-7-5-6-8-19(18)11-12-22(28)25-15-13-20(14-16-25)26-17-23(29)27(24(26)30)21-9-3-2-4-10-21/h2-12,20H,13-17H2,1H3/b12-11+. The Kier molecular flexibility index (Phi) is 5.65. The highest BCUT2D eigenvalue weighted by atomic mass is 16.2. The average molecular weight is 403 g/mol. The lowest BCUT2D eigenvalue weighted by Gasteiger charge is -2.35. The zero-order valence-electron chi connectivity index (χ0n) is 17.0. The second kappa shape index (κ2) is 8.53. The smallest absolute Gasteiger partial charge is 0.332 e. The van der Waals surface area contributed by atoms with Gasteiger partial charge in [-0.2, -0.15) is 0 Å². The van der Waals surface area contributed by atoms with Crippen molar-refractivity contribution in [1.82, 2.24) is 9.80 Å². The molecule has 0 unspecified atom stereocenters. The van der Waals surface area contributed by atoms with E-state index in [1.807, 2.05) is 60.4 Å². The minimum Gasteiger partial charge on any atom is -0.339 e. The molecule has 2 aliphatic rings. The van der Waals surface area contributed by atoms with Crippen LogP contribution >= 0.6 is 0 Å². The number of piperidine rings is 1. The first kappa shape index (κ1) is 19.9. The second-order valence-corrected chi connectivity index (χ2v) is 7.72. The Labute approximate surface area is 176 Å². The van der Waals surface area contributed by atoms with Gasteiger partial charge in [0.2, 0.25) is 5.91 Å². The van der Waals surface area contributed by atoms with Crippen molar-refractivity contribution in [1.29, 1.82) is 0 Å². The predicted molar refractivity (Wildman–Crippen MR) is 116 cm³/mol. The van der Waals surface area contributed by atoms with E-state index in [-0.39, 0.29) is 30.4 Å². The number of likely N-dealkylation sites (tertiary alicyclic amines) is 1. The summed E-state index contributed by atoms with van der Waals surface area (Å²) in [5.41, 5.74) is 2.76. The molecule has 4 amide bonds. The van der Waals surface area contributed by atoms with Gasteiger partial charge in [-0.3, -0.25) is 9.59 Å². The summed E-state index contributed by atoms with van der Waals surface area (Å²) in [6.45, 7) is 3.26. The molecule has 30 heavy (non-hydrogen) atoms. The monoisotopic (exact) mass is 403 g/mol. The van der Waals surface area contributed by atoms with Crippen molar-refractivity contribution < 1.29 is 14.4 Å². The molecule has 0 spiro atoms. The van der Waals surface area contributed by atoms with Crippen molar-refractivity contribution in [2.45, 2.75) is 25.8 Å². The first-order valence-corrected chi connectivity index (χ1v) is 10.3. The third-order valence-corrected chi connectivity index (χ3v) is 5.82. The summed E-state index contributed by atoms with van der Waals surface area (Å²) < 4.78 is 0. The number of aryl methyl sites for hydroxylation is 1. The Morgan fingerprint density at radius 1 is 0.967 bits per heavy atom. The lowest BCUT2D eigenvalue weighted by Crippen LogP contribution is -2.47. The first-order chi connectivity index (χ1) is 14.5. The Morgan fingerprint density at radius 2 is 1.63 bits per heavy atom. The maximum absolute atomic E-state index is 12.9. The van der Waals surface area contributed by atoms with Gasteiger partial charge >= 0.3 is 6.03 Å². The summed E-state index contributed by atoms with van der Waals surface area (Å²) in [5.74, 6) is -0.225. The molecule has 0 aromatic heterocycles. The van der Waals surface area contributed by atoms with Crippen molar-refractivity contribution in [3.05, 3.63) is 71.8 Å². The maximum Gasteiger partial charge on any atom is 0.332 e. The number of nitrogens with zero attached hydrogens (tertiary/aromatic N) is 3. The molecule has 154 valence electrons. The normalized spacial score (nSPS) is 18.0. The summed E-state index contributed by atoms with van der Waals surface area (Å²) in [6.07, 6.45) is 4.81. The quantitative estimate of drug-likeness (QED) is 0.580. The highest BCUT2D eigenvalue weighted by Crippen LogP contribution is 2.26. The van der Waals surface area contributed by atoms with Crippen LogP contribution in [-0.2, 0) is 9.59 Å². The van der Waals surface area contributed by atoms with E-state index in [1.54, 1.807) is 23.1 Å². The van der Waals surface area contributed by atoms with E-state index in [4.69, 9.17) is 0 Å². The van der Waals surface area contributed by atoms with Crippen molar-refractivity contribution >= 4 is 29.6 Å². The summed E-state index contributed by atoms with van der Waals surface area (Å²) in [5, 5.41) is 0. The highest BCUT2D eigenvalue weighted by Gasteiger charge is 2.41. The van der Waals surface area contributed by atoms with Gasteiger partial charge in [0, 0.05) is 25.2 Å². The van der Waals surface area contributed by atoms with Gasteiger partial charge in [-0.25, -0.2) is 9.69 Å². The number of hydrogen-bond acceptors (Lipinski definition) is 3. The van der Waals surface area contributed by atoms with Crippen LogP contribution in [0.3, 0.4) is 0 Å². The summed E-state index contributed by atoms with van der Waals surface area (Å²) >= 11 is 0. The minimum atomic E-state index is -0.268. The van der Waals surface area contributed by atoms with Crippen molar-refractivity contribution in [3.63, 3.8) is 0 Å².